The summed E-state index contributed by atoms with van der Waals surface area (Å²) in [4.78, 5) is 0. The molecule has 0 heterocycles. The summed E-state index contributed by atoms with van der Waals surface area (Å²) in [6, 6.07) is 16.4. The molecule has 3 nitrogen and oxygen atoms in total. The smallest absolute Gasteiger partial charge is 0.141 e. The Morgan fingerprint density at radius 3 is 2.00 bits per heavy atom. The van der Waals surface area contributed by atoms with Crippen LogP contribution in [0.1, 0.15) is 16.7 Å². The normalized spacial score (nSPS) is 10.9. The fraction of sp³-hybridized carbons (Fsp3) is 0.238. The van der Waals surface area contributed by atoms with Gasteiger partial charge in [-0.25, -0.2) is 0 Å². The lowest BCUT2D eigenvalue weighted by atomic mass is 10.0. The van der Waals surface area contributed by atoms with Crippen molar-refractivity contribution in [1.29, 1.82) is 0 Å². The van der Waals surface area contributed by atoms with Crippen LogP contribution in [0.25, 0.3) is 10.8 Å². The third-order valence-corrected chi connectivity index (χ3v) is 5.04. The molecule has 0 saturated carbocycles. The van der Waals surface area contributed by atoms with Gasteiger partial charge in [-0.2, -0.15) is 0 Å². The van der Waals surface area contributed by atoms with Gasteiger partial charge in [-0.3, -0.25) is 0 Å². The van der Waals surface area contributed by atoms with Crippen LogP contribution in [0.2, 0.25) is 0 Å². The second-order valence-corrected chi connectivity index (χ2v) is 6.68. The molecule has 0 atom stereocenters. The van der Waals surface area contributed by atoms with Crippen LogP contribution >= 0.6 is 15.9 Å². The quantitative estimate of drug-likeness (QED) is 0.535. The van der Waals surface area contributed by atoms with Crippen molar-refractivity contribution in [3.63, 3.8) is 0 Å². The van der Waals surface area contributed by atoms with E-state index < -0.39 is 0 Å². The second kappa shape index (κ2) is 7.89. The lowest BCUT2D eigenvalue weighted by molar-refractivity contribution is 0.105. The number of hydrogen-bond acceptors (Lipinski definition) is 3. The largest absolute Gasteiger partial charge is 0.496 e. The zero-order valence-corrected chi connectivity index (χ0v) is 16.2. The van der Waals surface area contributed by atoms with Crippen LogP contribution in [0.3, 0.4) is 0 Å². The fourth-order valence-electron chi connectivity index (χ4n) is 2.91. The van der Waals surface area contributed by atoms with Crippen LogP contribution in [0, 0.1) is 6.92 Å². The van der Waals surface area contributed by atoms with Crippen LogP contribution in [-0.4, -0.2) is 14.2 Å². The van der Waals surface area contributed by atoms with Crippen molar-refractivity contribution in [2.45, 2.75) is 20.1 Å². The maximum atomic E-state index is 5.95. The van der Waals surface area contributed by atoms with Gasteiger partial charge in [-0.1, -0.05) is 54.1 Å². The van der Waals surface area contributed by atoms with E-state index in [1.54, 1.807) is 14.2 Å². The monoisotopic (exact) mass is 400 g/mol. The number of hydrogen-bond donors (Lipinski definition) is 0. The number of ether oxygens (including phenoxy) is 3. The Hall–Kier alpha value is -2.04. The van der Waals surface area contributed by atoms with Crippen LogP contribution in [-0.2, 0) is 18.0 Å². The van der Waals surface area contributed by atoms with Crippen molar-refractivity contribution in [3.05, 3.63) is 69.7 Å². The van der Waals surface area contributed by atoms with Crippen molar-refractivity contribution in [1.82, 2.24) is 0 Å². The van der Waals surface area contributed by atoms with Gasteiger partial charge in [0.1, 0.15) is 11.5 Å². The molecule has 25 heavy (non-hydrogen) atoms. The first-order valence-electron chi connectivity index (χ1n) is 8.10. The number of rotatable bonds is 6. The highest BCUT2D eigenvalue weighted by Crippen LogP contribution is 2.44. The number of methoxy groups -OCH3 is 2. The van der Waals surface area contributed by atoms with Gasteiger partial charge >= 0.3 is 0 Å². The third kappa shape index (κ3) is 3.65. The average Bonchev–Trinajstić information content (AvgIpc) is 2.64. The Balaban J connectivity index is 1.92. The van der Waals surface area contributed by atoms with Gasteiger partial charge in [0.15, 0.2) is 0 Å². The van der Waals surface area contributed by atoms with Crippen LogP contribution in [0.15, 0.2) is 53.0 Å². The van der Waals surface area contributed by atoms with Gasteiger partial charge in [-0.15, -0.1) is 0 Å². The Morgan fingerprint density at radius 2 is 1.40 bits per heavy atom. The molecule has 130 valence electrons. The highest BCUT2D eigenvalue weighted by molar-refractivity contribution is 9.10. The molecule has 3 aromatic rings. The summed E-state index contributed by atoms with van der Waals surface area (Å²) in [6.45, 7) is 3.05. The molecular weight excluding hydrogens is 380 g/mol. The summed E-state index contributed by atoms with van der Waals surface area (Å²) in [5.74, 6) is 1.61. The molecule has 0 aliphatic rings. The molecule has 0 spiro atoms. The Bertz CT molecular complexity index is 872. The minimum atomic E-state index is 0.429. The van der Waals surface area contributed by atoms with E-state index in [1.165, 1.54) is 5.56 Å². The van der Waals surface area contributed by atoms with Crippen molar-refractivity contribution < 1.29 is 14.2 Å². The van der Waals surface area contributed by atoms with E-state index in [2.05, 4.69) is 47.1 Å². The average molecular weight is 401 g/mol. The van der Waals surface area contributed by atoms with Crippen LogP contribution < -0.4 is 9.47 Å². The molecule has 0 fully saturated rings. The number of aryl methyl sites for hydroxylation is 1. The van der Waals surface area contributed by atoms with Gasteiger partial charge in [0.05, 0.1) is 31.9 Å². The third-order valence-electron chi connectivity index (χ3n) is 4.20. The molecule has 0 N–H and O–H groups in total. The molecule has 0 aromatic heterocycles. The zero-order valence-electron chi connectivity index (χ0n) is 14.6. The molecule has 0 aliphatic carbocycles. The van der Waals surface area contributed by atoms with Gasteiger partial charge in [0.25, 0.3) is 0 Å². The number of fused-ring (bicyclic) bond motifs is 1. The van der Waals surface area contributed by atoms with Crippen molar-refractivity contribution in [3.8, 4) is 11.5 Å². The minimum Gasteiger partial charge on any atom is -0.496 e. The lowest BCUT2D eigenvalue weighted by Gasteiger charge is -2.18. The van der Waals surface area contributed by atoms with Gasteiger partial charge in [-0.05, 0) is 28.4 Å². The fourth-order valence-corrected chi connectivity index (χ4v) is 3.58. The molecule has 0 radical (unpaired) electrons. The van der Waals surface area contributed by atoms with Gasteiger partial charge in [0.2, 0.25) is 0 Å². The summed E-state index contributed by atoms with van der Waals surface area (Å²) in [6.07, 6.45) is 0. The van der Waals surface area contributed by atoms with E-state index in [0.717, 1.165) is 37.9 Å². The molecule has 3 aromatic carbocycles. The van der Waals surface area contributed by atoms with E-state index >= 15 is 0 Å². The summed E-state index contributed by atoms with van der Waals surface area (Å²) in [7, 11) is 3.36. The van der Waals surface area contributed by atoms with Crippen molar-refractivity contribution in [2.75, 3.05) is 14.2 Å². The Morgan fingerprint density at radius 1 is 0.800 bits per heavy atom. The van der Waals surface area contributed by atoms with Crippen molar-refractivity contribution >= 4 is 26.7 Å². The van der Waals surface area contributed by atoms with Crippen molar-refractivity contribution in [2.24, 2.45) is 0 Å². The van der Waals surface area contributed by atoms with E-state index in [0.29, 0.717) is 13.2 Å². The first-order valence-corrected chi connectivity index (χ1v) is 8.89. The van der Waals surface area contributed by atoms with E-state index in [1.807, 2.05) is 24.3 Å². The van der Waals surface area contributed by atoms with E-state index in [9.17, 15) is 0 Å². The highest BCUT2D eigenvalue weighted by atomic mass is 79.9. The first kappa shape index (κ1) is 17.8. The molecule has 3 rings (SSSR count). The molecule has 0 unspecified atom stereocenters. The standard InChI is InChI=1S/C21H21BrO3/c1-14-8-10-15(11-9-14)12-25-13-18-19(22)21(24-3)17-7-5-4-6-16(17)20(18)23-2/h4-11H,12-13H2,1-3H3. The number of halogens is 1. The van der Waals surface area contributed by atoms with Crippen LogP contribution in [0.4, 0.5) is 0 Å². The first-order chi connectivity index (χ1) is 12.2. The van der Waals surface area contributed by atoms with E-state index in [-0.39, 0.29) is 0 Å². The molecule has 0 saturated heterocycles. The lowest BCUT2D eigenvalue weighted by Crippen LogP contribution is -2.01. The van der Waals surface area contributed by atoms with Crippen LogP contribution in [0.5, 0.6) is 11.5 Å². The summed E-state index contributed by atoms with van der Waals surface area (Å²) in [5, 5.41) is 2.02. The summed E-state index contributed by atoms with van der Waals surface area (Å²) in [5.41, 5.74) is 3.34. The molecule has 0 amide bonds. The van der Waals surface area contributed by atoms with E-state index in [4.69, 9.17) is 14.2 Å². The van der Waals surface area contributed by atoms with Gasteiger partial charge in [0, 0.05) is 16.3 Å². The predicted molar refractivity (Wildman–Crippen MR) is 104 cm³/mol. The minimum absolute atomic E-state index is 0.429. The summed E-state index contributed by atoms with van der Waals surface area (Å²) < 4.78 is 18.1. The van der Waals surface area contributed by atoms with Gasteiger partial charge < -0.3 is 14.2 Å². The molecule has 0 bridgehead atoms. The summed E-state index contributed by atoms with van der Waals surface area (Å²) >= 11 is 3.67. The maximum Gasteiger partial charge on any atom is 0.141 e. The molecule has 4 heteroatoms. The SMILES string of the molecule is COc1c(Br)c(COCc2ccc(C)cc2)c(OC)c2ccccc12. The maximum absolute atomic E-state index is 5.95. The molecule has 0 aliphatic heterocycles. The predicted octanol–water partition coefficient (Wildman–Crippen LogP) is 5.64. The Labute approximate surface area is 156 Å². The molecular formula is C21H21BrO3. The zero-order chi connectivity index (χ0) is 17.8. The highest BCUT2D eigenvalue weighted by Gasteiger charge is 2.19. The number of benzene rings is 3. The topological polar surface area (TPSA) is 27.7 Å². The Kier molecular flexibility index (Phi) is 5.61. The second-order valence-electron chi connectivity index (χ2n) is 5.88.